The van der Waals surface area contributed by atoms with Crippen molar-refractivity contribution in [1.82, 2.24) is 5.32 Å². The van der Waals surface area contributed by atoms with Crippen LogP contribution in [0.2, 0.25) is 0 Å². The van der Waals surface area contributed by atoms with Gasteiger partial charge in [-0.25, -0.2) is 0 Å². The van der Waals surface area contributed by atoms with Crippen LogP contribution >= 0.6 is 12.2 Å². The number of nitrogens with two attached hydrogens (primary N) is 1. The molecule has 1 fully saturated rings. The Morgan fingerprint density at radius 2 is 2.05 bits per heavy atom. The summed E-state index contributed by atoms with van der Waals surface area (Å²) in [6.45, 7) is 5.32. The molecule has 19 heavy (non-hydrogen) atoms. The molecule has 1 amide bonds. The van der Waals surface area contributed by atoms with Gasteiger partial charge in [0, 0.05) is 19.3 Å². The minimum Gasteiger partial charge on any atom is -0.392 e. The van der Waals surface area contributed by atoms with E-state index in [2.05, 4.69) is 12.2 Å². The normalized spacial score (nSPS) is 19.7. The van der Waals surface area contributed by atoms with Crippen molar-refractivity contribution in [2.75, 3.05) is 13.2 Å². The van der Waals surface area contributed by atoms with Crippen LogP contribution in [0.5, 0.6) is 0 Å². The van der Waals surface area contributed by atoms with Crippen LogP contribution in [0.4, 0.5) is 0 Å². The third kappa shape index (κ3) is 4.42. The molecular weight excluding hydrogens is 260 g/mol. The van der Waals surface area contributed by atoms with Crippen molar-refractivity contribution >= 4 is 23.1 Å². The molecule has 1 aliphatic heterocycles. The van der Waals surface area contributed by atoms with Crippen LogP contribution in [0.3, 0.4) is 0 Å². The molecule has 1 saturated heterocycles. The molecule has 0 bridgehead atoms. The molecule has 0 radical (unpaired) electrons. The van der Waals surface area contributed by atoms with Crippen LogP contribution in [-0.2, 0) is 9.53 Å². The highest BCUT2D eigenvalue weighted by molar-refractivity contribution is 7.80. The van der Waals surface area contributed by atoms with Crippen molar-refractivity contribution in [1.29, 1.82) is 0 Å². The molecule has 5 heteroatoms. The summed E-state index contributed by atoms with van der Waals surface area (Å²) < 4.78 is 5.31. The molecule has 1 atom stereocenters. The number of hydrogen-bond donors (Lipinski definition) is 2. The number of carbonyl (C=O) groups is 1. The Hall–Kier alpha value is -0.680. The van der Waals surface area contributed by atoms with Crippen molar-refractivity contribution in [2.24, 2.45) is 11.1 Å². The first kappa shape index (κ1) is 16.4. The van der Waals surface area contributed by atoms with Crippen LogP contribution in [0.15, 0.2) is 0 Å². The van der Waals surface area contributed by atoms with Crippen molar-refractivity contribution < 1.29 is 9.53 Å². The van der Waals surface area contributed by atoms with E-state index in [-0.39, 0.29) is 11.9 Å². The molecule has 0 aromatic rings. The second kappa shape index (κ2) is 7.80. The Bertz CT molecular complexity index is 315. The standard InChI is InChI=1S/C14H26N2O2S/c1-3-4-5-6-11(2)16-13(17)14(12(15)19)7-9-18-10-8-14/h11H,3-10H2,1-2H3,(H2,15,19)(H,16,17). The van der Waals surface area contributed by atoms with Gasteiger partial charge < -0.3 is 15.8 Å². The smallest absolute Gasteiger partial charge is 0.233 e. The number of carbonyl (C=O) groups excluding carboxylic acids is 1. The molecule has 3 N–H and O–H groups in total. The monoisotopic (exact) mass is 286 g/mol. The molecule has 1 rings (SSSR count). The average Bonchev–Trinajstić information content (AvgIpc) is 2.39. The van der Waals surface area contributed by atoms with Gasteiger partial charge in [-0.3, -0.25) is 4.79 Å². The predicted octanol–water partition coefficient (Wildman–Crippen LogP) is 2.15. The summed E-state index contributed by atoms with van der Waals surface area (Å²) in [4.78, 5) is 12.8. The van der Waals surface area contributed by atoms with E-state index >= 15 is 0 Å². The molecule has 1 aliphatic rings. The van der Waals surface area contributed by atoms with Crippen LogP contribution in [0.25, 0.3) is 0 Å². The second-order valence-electron chi connectivity index (χ2n) is 5.43. The molecule has 0 aromatic carbocycles. The quantitative estimate of drug-likeness (QED) is 0.556. The maximum atomic E-state index is 12.5. The Morgan fingerprint density at radius 3 is 2.58 bits per heavy atom. The number of hydrogen-bond acceptors (Lipinski definition) is 3. The van der Waals surface area contributed by atoms with Gasteiger partial charge in [-0.05, 0) is 26.2 Å². The Kier molecular flexibility index (Phi) is 6.72. The third-order valence-corrected chi connectivity index (χ3v) is 4.26. The highest BCUT2D eigenvalue weighted by Gasteiger charge is 2.43. The second-order valence-corrected chi connectivity index (χ2v) is 5.87. The zero-order valence-electron chi connectivity index (χ0n) is 12.0. The Morgan fingerprint density at radius 1 is 1.42 bits per heavy atom. The van der Waals surface area contributed by atoms with E-state index in [4.69, 9.17) is 22.7 Å². The van der Waals surface area contributed by atoms with Crippen LogP contribution in [-0.4, -0.2) is 30.2 Å². The van der Waals surface area contributed by atoms with E-state index in [1.807, 2.05) is 6.92 Å². The van der Waals surface area contributed by atoms with E-state index in [0.717, 1.165) is 12.8 Å². The summed E-state index contributed by atoms with van der Waals surface area (Å²) in [6.07, 6.45) is 5.72. The van der Waals surface area contributed by atoms with Gasteiger partial charge in [0.25, 0.3) is 0 Å². The van der Waals surface area contributed by atoms with Gasteiger partial charge in [-0.1, -0.05) is 38.4 Å². The topological polar surface area (TPSA) is 64.4 Å². The number of thiocarbonyl (C=S) groups is 1. The van der Waals surface area contributed by atoms with Crippen LogP contribution in [0, 0.1) is 5.41 Å². The molecule has 0 saturated carbocycles. The third-order valence-electron chi connectivity index (χ3n) is 3.87. The lowest BCUT2D eigenvalue weighted by Crippen LogP contribution is -2.53. The van der Waals surface area contributed by atoms with Crippen molar-refractivity contribution in [2.45, 2.75) is 58.4 Å². The van der Waals surface area contributed by atoms with E-state index in [1.54, 1.807) is 0 Å². The van der Waals surface area contributed by atoms with E-state index < -0.39 is 5.41 Å². The molecular formula is C14H26N2O2S. The molecule has 0 aromatic heterocycles. The predicted molar refractivity (Wildman–Crippen MR) is 81.0 cm³/mol. The summed E-state index contributed by atoms with van der Waals surface area (Å²) in [6, 6.07) is 0.174. The molecule has 1 unspecified atom stereocenters. The number of unbranched alkanes of at least 4 members (excludes halogenated alkanes) is 2. The Balaban J connectivity index is 2.55. The fraction of sp³-hybridized carbons (Fsp3) is 0.857. The number of rotatable bonds is 7. The lowest BCUT2D eigenvalue weighted by Gasteiger charge is -2.35. The number of ether oxygens (including phenoxy) is 1. The zero-order chi connectivity index (χ0) is 14.3. The maximum Gasteiger partial charge on any atom is 0.233 e. The number of nitrogens with one attached hydrogen (secondary N) is 1. The van der Waals surface area contributed by atoms with Gasteiger partial charge in [0.15, 0.2) is 0 Å². The molecule has 0 spiro atoms. The SMILES string of the molecule is CCCCCC(C)NC(=O)C1(C(N)=S)CCOCC1. The molecule has 1 heterocycles. The lowest BCUT2D eigenvalue weighted by atomic mass is 9.79. The highest BCUT2D eigenvalue weighted by Crippen LogP contribution is 2.31. The van der Waals surface area contributed by atoms with Gasteiger partial charge in [-0.15, -0.1) is 0 Å². The summed E-state index contributed by atoms with van der Waals surface area (Å²) in [5.74, 6) is -0.0210. The van der Waals surface area contributed by atoms with E-state index in [9.17, 15) is 4.79 Å². The first-order chi connectivity index (χ1) is 9.03. The molecule has 0 aliphatic carbocycles. The van der Waals surface area contributed by atoms with Crippen molar-refractivity contribution in [3.8, 4) is 0 Å². The maximum absolute atomic E-state index is 12.5. The highest BCUT2D eigenvalue weighted by atomic mass is 32.1. The van der Waals surface area contributed by atoms with Crippen molar-refractivity contribution in [3.63, 3.8) is 0 Å². The minimum atomic E-state index is -0.702. The summed E-state index contributed by atoms with van der Waals surface area (Å²) in [5, 5.41) is 3.07. The van der Waals surface area contributed by atoms with E-state index in [1.165, 1.54) is 12.8 Å². The fourth-order valence-electron chi connectivity index (χ4n) is 2.44. The summed E-state index contributed by atoms with van der Waals surface area (Å²) >= 11 is 5.12. The summed E-state index contributed by atoms with van der Waals surface area (Å²) in [7, 11) is 0. The van der Waals surface area contributed by atoms with Gasteiger partial charge in [-0.2, -0.15) is 0 Å². The summed E-state index contributed by atoms with van der Waals surface area (Å²) in [5.41, 5.74) is 5.11. The minimum absolute atomic E-state index is 0.0210. The Labute approximate surface area is 121 Å². The van der Waals surface area contributed by atoms with E-state index in [0.29, 0.717) is 31.0 Å². The largest absolute Gasteiger partial charge is 0.392 e. The number of amides is 1. The van der Waals surface area contributed by atoms with Crippen LogP contribution in [0.1, 0.15) is 52.4 Å². The first-order valence-corrected chi connectivity index (χ1v) is 7.62. The fourth-order valence-corrected chi connectivity index (χ4v) is 2.74. The lowest BCUT2D eigenvalue weighted by molar-refractivity contribution is -0.132. The average molecular weight is 286 g/mol. The van der Waals surface area contributed by atoms with Gasteiger partial charge in [0.2, 0.25) is 5.91 Å². The van der Waals surface area contributed by atoms with Crippen LogP contribution < -0.4 is 11.1 Å². The van der Waals surface area contributed by atoms with Crippen molar-refractivity contribution in [3.05, 3.63) is 0 Å². The van der Waals surface area contributed by atoms with Gasteiger partial charge in [0.1, 0.15) is 5.41 Å². The van der Waals surface area contributed by atoms with Gasteiger partial charge in [0.05, 0.1) is 4.99 Å². The molecule has 4 nitrogen and oxygen atoms in total. The first-order valence-electron chi connectivity index (χ1n) is 7.21. The van der Waals surface area contributed by atoms with Gasteiger partial charge >= 0.3 is 0 Å². The zero-order valence-corrected chi connectivity index (χ0v) is 12.9. The molecule has 110 valence electrons.